The Kier molecular flexibility index (Phi) is 4.71. The number of carboxylic acid groups (broad SMARTS) is 1. The van der Waals surface area contributed by atoms with E-state index in [0.717, 1.165) is 5.56 Å². The smallest absolute Gasteiger partial charge is 0.335 e. The minimum atomic E-state index is -1.04. The van der Waals surface area contributed by atoms with Crippen LogP contribution in [0.3, 0.4) is 0 Å². The average molecular weight is 346 g/mol. The van der Waals surface area contributed by atoms with Crippen LogP contribution in [0, 0.1) is 5.82 Å². The van der Waals surface area contributed by atoms with Crippen LogP contribution in [0.25, 0.3) is 0 Å². The second kappa shape index (κ2) is 6.92. The molecule has 0 spiro atoms. The molecule has 0 fully saturated rings. The first-order valence-corrected chi connectivity index (χ1v) is 8.45. The highest BCUT2D eigenvalue weighted by atomic mass is 32.2. The molecule has 2 aromatic carbocycles. The summed E-state index contributed by atoms with van der Waals surface area (Å²) in [5.41, 5.74) is 2.14. The predicted octanol–water partition coefficient (Wildman–Crippen LogP) is 3.19. The zero-order chi connectivity index (χ0) is 17.1. The van der Waals surface area contributed by atoms with Crippen molar-refractivity contribution in [1.82, 2.24) is 0 Å². The third-order valence-corrected chi connectivity index (χ3v) is 4.72. The van der Waals surface area contributed by atoms with E-state index in [1.165, 1.54) is 36.0 Å². The van der Waals surface area contributed by atoms with Crippen LogP contribution in [0.2, 0.25) is 0 Å². The lowest BCUT2D eigenvalue weighted by atomic mass is 10.1. The Balaban J connectivity index is 1.62. The van der Waals surface area contributed by atoms with Crippen molar-refractivity contribution in [2.24, 2.45) is 0 Å². The summed E-state index contributed by atoms with van der Waals surface area (Å²) in [6, 6.07) is 10.5. The Bertz CT molecular complexity index is 797. The SMILES string of the molecule is O=C(O)c1ccc2c(c1)NC(=O)[C@H](CSCc1cccc(F)c1)N2. The molecule has 0 unspecified atom stereocenters. The highest BCUT2D eigenvalue weighted by Crippen LogP contribution is 2.29. The first kappa shape index (κ1) is 16.3. The number of carboxylic acids is 1. The molecule has 0 saturated carbocycles. The number of rotatable bonds is 5. The van der Waals surface area contributed by atoms with E-state index in [0.29, 0.717) is 22.9 Å². The summed E-state index contributed by atoms with van der Waals surface area (Å²) in [5, 5.41) is 14.8. The maximum absolute atomic E-state index is 13.1. The summed E-state index contributed by atoms with van der Waals surface area (Å²) in [7, 11) is 0. The van der Waals surface area contributed by atoms with Gasteiger partial charge in [-0.2, -0.15) is 11.8 Å². The molecule has 0 aromatic heterocycles. The van der Waals surface area contributed by atoms with Gasteiger partial charge in [0.05, 0.1) is 16.9 Å². The second-order valence-electron chi connectivity index (χ2n) is 5.40. The molecular formula is C17H15FN2O3S. The molecule has 24 heavy (non-hydrogen) atoms. The van der Waals surface area contributed by atoms with Crippen molar-refractivity contribution in [3.63, 3.8) is 0 Å². The number of nitrogens with one attached hydrogen (secondary N) is 2. The fraction of sp³-hybridized carbons (Fsp3) is 0.176. The zero-order valence-electron chi connectivity index (χ0n) is 12.6. The summed E-state index contributed by atoms with van der Waals surface area (Å²) in [5.74, 6) is -0.405. The lowest BCUT2D eigenvalue weighted by Gasteiger charge is -2.26. The van der Waals surface area contributed by atoms with E-state index in [4.69, 9.17) is 5.11 Å². The molecule has 3 rings (SSSR count). The molecule has 124 valence electrons. The van der Waals surface area contributed by atoms with Crippen LogP contribution in [0.4, 0.5) is 15.8 Å². The molecule has 5 nitrogen and oxygen atoms in total. The summed E-state index contributed by atoms with van der Waals surface area (Å²) in [6.45, 7) is 0. The van der Waals surface area contributed by atoms with Crippen molar-refractivity contribution >= 4 is 35.0 Å². The molecule has 7 heteroatoms. The molecule has 0 saturated heterocycles. The first-order chi connectivity index (χ1) is 11.5. The van der Waals surface area contributed by atoms with Gasteiger partial charge in [0.2, 0.25) is 5.91 Å². The molecular weight excluding hydrogens is 331 g/mol. The topological polar surface area (TPSA) is 78.4 Å². The number of thioether (sulfide) groups is 1. The lowest BCUT2D eigenvalue weighted by molar-refractivity contribution is -0.116. The zero-order valence-corrected chi connectivity index (χ0v) is 13.4. The van der Waals surface area contributed by atoms with Crippen LogP contribution in [-0.4, -0.2) is 28.8 Å². The second-order valence-corrected chi connectivity index (χ2v) is 6.43. The van der Waals surface area contributed by atoms with Gasteiger partial charge in [0.15, 0.2) is 0 Å². The van der Waals surface area contributed by atoms with Crippen molar-refractivity contribution in [2.75, 3.05) is 16.4 Å². The Morgan fingerprint density at radius 3 is 2.79 bits per heavy atom. The fourth-order valence-corrected chi connectivity index (χ4v) is 3.42. The van der Waals surface area contributed by atoms with Gasteiger partial charge in [-0.25, -0.2) is 9.18 Å². The summed E-state index contributed by atoms with van der Waals surface area (Å²) >= 11 is 1.52. The van der Waals surface area contributed by atoms with E-state index in [-0.39, 0.29) is 17.3 Å². The quantitative estimate of drug-likeness (QED) is 0.775. The molecule has 0 bridgehead atoms. The number of halogens is 1. The van der Waals surface area contributed by atoms with E-state index in [1.807, 2.05) is 6.07 Å². The monoisotopic (exact) mass is 346 g/mol. The molecule has 1 aliphatic rings. The standard InChI is InChI=1S/C17H15FN2O3S/c18-12-3-1-2-10(6-12)8-24-9-15-16(21)20-14-7-11(17(22)23)4-5-13(14)19-15/h1-7,15,19H,8-9H2,(H,20,21)(H,22,23)/t15-/m0/s1. The van der Waals surface area contributed by atoms with Gasteiger partial charge in [0.25, 0.3) is 0 Å². The molecule has 1 aliphatic heterocycles. The molecule has 1 amide bonds. The highest BCUT2D eigenvalue weighted by molar-refractivity contribution is 7.98. The lowest BCUT2D eigenvalue weighted by Crippen LogP contribution is -2.40. The van der Waals surface area contributed by atoms with Crippen molar-refractivity contribution in [3.8, 4) is 0 Å². The minimum Gasteiger partial charge on any atom is -0.478 e. The summed E-state index contributed by atoms with van der Waals surface area (Å²) in [4.78, 5) is 23.1. The number of hydrogen-bond donors (Lipinski definition) is 3. The third kappa shape index (κ3) is 3.68. The predicted molar refractivity (Wildman–Crippen MR) is 92.0 cm³/mol. The number of hydrogen-bond acceptors (Lipinski definition) is 4. The van der Waals surface area contributed by atoms with Crippen LogP contribution in [-0.2, 0) is 10.5 Å². The van der Waals surface area contributed by atoms with Gasteiger partial charge in [0.1, 0.15) is 11.9 Å². The number of fused-ring (bicyclic) bond motifs is 1. The third-order valence-electron chi connectivity index (χ3n) is 3.61. The normalized spacial score (nSPS) is 16.0. The maximum atomic E-state index is 13.1. The van der Waals surface area contributed by atoms with Crippen LogP contribution in [0.1, 0.15) is 15.9 Å². The van der Waals surface area contributed by atoms with Gasteiger partial charge < -0.3 is 15.7 Å². The van der Waals surface area contributed by atoms with Crippen LogP contribution >= 0.6 is 11.8 Å². The molecule has 1 atom stereocenters. The van der Waals surface area contributed by atoms with E-state index in [9.17, 15) is 14.0 Å². The molecule has 0 radical (unpaired) electrons. The summed E-state index contributed by atoms with van der Waals surface area (Å²) < 4.78 is 13.1. The number of carbonyl (C=O) groups is 2. The van der Waals surface area contributed by atoms with Crippen molar-refractivity contribution in [1.29, 1.82) is 0 Å². The van der Waals surface area contributed by atoms with Crippen molar-refractivity contribution in [2.45, 2.75) is 11.8 Å². The summed E-state index contributed by atoms with van der Waals surface area (Å²) in [6.07, 6.45) is 0. The van der Waals surface area contributed by atoms with Gasteiger partial charge in [-0.15, -0.1) is 0 Å². The van der Waals surface area contributed by atoms with E-state index >= 15 is 0 Å². The average Bonchev–Trinajstić information content (AvgIpc) is 2.55. The number of benzene rings is 2. The first-order valence-electron chi connectivity index (χ1n) is 7.30. The van der Waals surface area contributed by atoms with Gasteiger partial charge >= 0.3 is 5.97 Å². The van der Waals surface area contributed by atoms with Gasteiger partial charge in [0, 0.05) is 11.5 Å². The van der Waals surface area contributed by atoms with Crippen molar-refractivity contribution < 1.29 is 19.1 Å². The number of amides is 1. The molecule has 3 N–H and O–H groups in total. The molecule has 2 aromatic rings. The van der Waals surface area contributed by atoms with E-state index in [1.54, 1.807) is 12.1 Å². The Hall–Kier alpha value is -2.54. The number of aromatic carboxylic acids is 1. The van der Waals surface area contributed by atoms with Gasteiger partial charge in [-0.05, 0) is 35.9 Å². The van der Waals surface area contributed by atoms with Crippen LogP contribution < -0.4 is 10.6 Å². The van der Waals surface area contributed by atoms with Gasteiger partial charge in [-0.3, -0.25) is 4.79 Å². The Morgan fingerprint density at radius 2 is 2.04 bits per heavy atom. The number of anilines is 2. The van der Waals surface area contributed by atoms with Crippen LogP contribution in [0.5, 0.6) is 0 Å². The van der Waals surface area contributed by atoms with E-state index in [2.05, 4.69) is 10.6 Å². The molecule has 0 aliphatic carbocycles. The largest absolute Gasteiger partial charge is 0.478 e. The van der Waals surface area contributed by atoms with Crippen molar-refractivity contribution in [3.05, 3.63) is 59.4 Å². The van der Waals surface area contributed by atoms with Crippen LogP contribution in [0.15, 0.2) is 42.5 Å². The Labute approximate surface area is 142 Å². The maximum Gasteiger partial charge on any atom is 0.335 e. The van der Waals surface area contributed by atoms with Gasteiger partial charge in [-0.1, -0.05) is 12.1 Å². The number of carbonyl (C=O) groups excluding carboxylic acids is 1. The molecule has 1 heterocycles. The van der Waals surface area contributed by atoms with E-state index < -0.39 is 12.0 Å². The highest BCUT2D eigenvalue weighted by Gasteiger charge is 2.25. The fourth-order valence-electron chi connectivity index (χ4n) is 2.42. The Morgan fingerprint density at radius 1 is 1.21 bits per heavy atom. The minimum absolute atomic E-state index is 0.120.